The van der Waals surface area contributed by atoms with Crippen LogP contribution < -0.4 is 10.2 Å². The SMILES string of the molecule is C[C@H]1CNCCN1c1nc(-c2ccnc3[nH]c(C(F)(F)F)cc23)nc2cncc(C3CCC3)c12. The molecule has 2 aliphatic rings. The van der Waals surface area contributed by atoms with Gasteiger partial charge in [0.2, 0.25) is 0 Å². The van der Waals surface area contributed by atoms with Gasteiger partial charge in [-0.05, 0) is 43.4 Å². The van der Waals surface area contributed by atoms with Crippen molar-refractivity contribution in [1.29, 1.82) is 0 Å². The third kappa shape index (κ3) is 3.48. The van der Waals surface area contributed by atoms with Gasteiger partial charge in [0.1, 0.15) is 17.2 Å². The van der Waals surface area contributed by atoms with Gasteiger partial charge in [0.05, 0.1) is 11.7 Å². The second-order valence-corrected chi connectivity index (χ2v) is 9.17. The fraction of sp³-hybridized carbons (Fsp3) is 0.417. The van der Waals surface area contributed by atoms with Gasteiger partial charge in [0.15, 0.2) is 5.82 Å². The zero-order valence-corrected chi connectivity index (χ0v) is 18.7. The maximum absolute atomic E-state index is 13.4. The fourth-order valence-electron chi connectivity index (χ4n) is 4.98. The van der Waals surface area contributed by atoms with E-state index in [1.807, 2.05) is 6.20 Å². The van der Waals surface area contributed by atoms with Crippen LogP contribution in [0, 0.1) is 0 Å². The van der Waals surface area contributed by atoms with Crippen LogP contribution in [0.3, 0.4) is 0 Å². The van der Waals surface area contributed by atoms with E-state index in [1.165, 1.54) is 12.6 Å². The second-order valence-electron chi connectivity index (χ2n) is 9.17. The number of anilines is 1. The molecule has 0 unspecified atom stereocenters. The van der Waals surface area contributed by atoms with Crippen molar-refractivity contribution in [1.82, 2.24) is 30.2 Å². The molecular formula is C24H24F3N7. The van der Waals surface area contributed by atoms with Crippen molar-refractivity contribution < 1.29 is 13.2 Å². The maximum Gasteiger partial charge on any atom is 0.431 e. The fourth-order valence-corrected chi connectivity index (χ4v) is 4.98. The molecule has 1 saturated heterocycles. The summed E-state index contributed by atoms with van der Waals surface area (Å²) in [5.74, 6) is 1.64. The van der Waals surface area contributed by atoms with E-state index in [4.69, 9.17) is 9.97 Å². The van der Waals surface area contributed by atoms with Crippen LogP contribution in [0.1, 0.15) is 43.4 Å². The summed E-state index contributed by atoms with van der Waals surface area (Å²) >= 11 is 0. The molecule has 10 heteroatoms. The molecule has 1 atom stereocenters. The lowest BCUT2D eigenvalue weighted by Gasteiger charge is -2.36. The first-order chi connectivity index (χ1) is 16.4. The Bertz CT molecular complexity index is 1380. The lowest BCUT2D eigenvalue weighted by Crippen LogP contribution is -2.50. The number of pyridine rings is 2. The van der Waals surface area contributed by atoms with E-state index >= 15 is 0 Å². The second kappa shape index (κ2) is 7.90. The van der Waals surface area contributed by atoms with Gasteiger partial charge in [-0.3, -0.25) is 4.98 Å². The molecule has 0 radical (unpaired) electrons. The molecule has 0 amide bonds. The van der Waals surface area contributed by atoms with Crippen molar-refractivity contribution in [3.8, 4) is 11.4 Å². The van der Waals surface area contributed by atoms with Crippen LogP contribution in [-0.4, -0.2) is 50.6 Å². The van der Waals surface area contributed by atoms with Crippen molar-refractivity contribution >= 4 is 27.8 Å². The monoisotopic (exact) mass is 467 g/mol. The molecule has 176 valence electrons. The normalized spacial score (nSPS) is 19.6. The van der Waals surface area contributed by atoms with E-state index in [0.717, 1.165) is 55.3 Å². The van der Waals surface area contributed by atoms with Crippen LogP contribution in [0.25, 0.3) is 33.3 Å². The number of nitrogens with zero attached hydrogens (tertiary/aromatic N) is 5. The quantitative estimate of drug-likeness (QED) is 0.456. The third-order valence-corrected chi connectivity index (χ3v) is 7.01. The molecule has 2 fully saturated rings. The number of rotatable bonds is 3. The summed E-state index contributed by atoms with van der Waals surface area (Å²) in [6.07, 6.45) is 4.08. The molecule has 4 aromatic rings. The molecule has 1 aliphatic heterocycles. The predicted molar refractivity (Wildman–Crippen MR) is 124 cm³/mol. The number of nitrogens with one attached hydrogen (secondary N) is 2. The van der Waals surface area contributed by atoms with Gasteiger partial charge in [-0.2, -0.15) is 13.2 Å². The topological polar surface area (TPSA) is 82.6 Å². The molecule has 0 bridgehead atoms. The van der Waals surface area contributed by atoms with E-state index in [0.29, 0.717) is 28.2 Å². The van der Waals surface area contributed by atoms with E-state index in [9.17, 15) is 13.2 Å². The summed E-state index contributed by atoms with van der Waals surface area (Å²) in [7, 11) is 0. The number of aromatic amines is 1. The first kappa shape index (κ1) is 21.3. The largest absolute Gasteiger partial charge is 0.431 e. The molecule has 1 aliphatic carbocycles. The molecule has 1 saturated carbocycles. The van der Waals surface area contributed by atoms with Crippen molar-refractivity contribution in [2.24, 2.45) is 0 Å². The minimum absolute atomic E-state index is 0.159. The Balaban J connectivity index is 1.59. The summed E-state index contributed by atoms with van der Waals surface area (Å²) in [6, 6.07) is 2.97. The van der Waals surface area contributed by atoms with Crippen LogP contribution in [-0.2, 0) is 6.18 Å². The van der Waals surface area contributed by atoms with Crippen LogP contribution in [0.4, 0.5) is 19.0 Å². The van der Waals surface area contributed by atoms with Gasteiger partial charge in [-0.15, -0.1) is 0 Å². The molecule has 7 nitrogen and oxygen atoms in total. The zero-order chi connectivity index (χ0) is 23.4. The van der Waals surface area contributed by atoms with Gasteiger partial charge in [0.25, 0.3) is 0 Å². The zero-order valence-electron chi connectivity index (χ0n) is 18.7. The Morgan fingerprint density at radius 2 is 2.00 bits per heavy atom. The van der Waals surface area contributed by atoms with Crippen molar-refractivity contribution in [2.75, 3.05) is 24.5 Å². The average Bonchev–Trinajstić information content (AvgIpc) is 3.23. The number of fused-ring (bicyclic) bond motifs is 2. The van der Waals surface area contributed by atoms with Crippen LogP contribution >= 0.6 is 0 Å². The Hall–Kier alpha value is -3.27. The maximum atomic E-state index is 13.4. The Labute approximate surface area is 193 Å². The number of piperazine rings is 1. The molecule has 34 heavy (non-hydrogen) atoms. The van der Waals surface area contributed by atoms with E-state index in [1.54, 1.807) is 12.3 Å². The lowest BCUT2D eigenvalue weighted by molar-refractivity contribution is -0.140. The van der Waals surface area contributed by atoms with E-state index in [2.05, 4.69) is 32.1 Å². The first-order valence-corrected chi connectivity index (χ1v) is 11.6. The van der Waals surface area contributed by atoms with Gasteiger partial charge in [0, 0.05) is 54.4 Å². The van der Waals surface area contributed by atoms with Crippen LogP contribution in [0.15, 0.2) is 30.7 Å². The van der Waals surface area contributed by atoms with Gasteiger partial charge < -0.3 is 15.2 Å². The highest BCUT2D eigenvalue weighted by Gasteiger charge is 2.34. The van der Waals surface area contributed by atoms with Crippen molar-refractivity contribution in [2.45, 2.75) is 44.3 Å². The number of hydrogen-bond donors (Lipinski definition) is 2. The molecule has 2 N–H and O–H groups in total. The van der Waals surface area contributed by atoms with Crippen molar-refractivity contribution in [3.05, 3.63) is 42.0 Å². The van der Waals surface area contributed by atoms with Crippen LogP contribution in [0.5, 0.6) is 0 Å². The first-order valence-electron chi connectivity index (χ1n) is 11.6. The number of halogens is 3. The number of hydrogen-bond acceptors (Lipinski definition) is 6. The number of aromatic nitrogens is 5. The summed E-state index contributed by atoms with van der Waals surface area (Å²) < 4.78 is 40.1. The van der Waals surface area contributed by atoms with Gasteiger partial charge in [-0.1, -0.05) is 6.42 Å². The average molecular weight is 467 g/mol. The van der Waals surface area contributed by atoms with Gasteiger partial charge in [-0.25, -0.2) is 15.0 Å². The summed E-state index contributed by atoms with van der Waals surface area (Å²) in [5, 5.41) is 4.76. The highest BCUT2D eigenvalue weighted by atomic mass is 19.4. The van der Waals surface area contributed by atoms with Crippen LogP contribution in [0.2, 0.25) is 0 Å². The molecule has 0 aromatic carbocycles. The molecule has 5 heterocycles. The van der Waals surface area contributed by atoms with Crippen molar-refractivity contribution in [3.63, 3.8) is 0 Å². The Morgan fingerprint density at radius 3 is 2.74 bits per heavy atom. The van der Waals surface area contributed by atoms with Gasteiger partial charge >= 0.3 is 6.18 Å². The number of alkyl halides is 3. The lowest BCUT2D eigenvalue weighted by atomic mass is 9.79. The third-order valence-electron chi connectivity index (χ3n) is 7.01. The number of H-pyrrole nitrogens is 1. The Morgan fingerprint density at radius 1 is 1.15 bits per heavy atom. The highest BCUT2D eigenvalue weighted by Crippen LogP contribution is 2.42. The predicted octanol–water partition coefficient (Wildman–Crippen LogP) is 4.65. The van der Waals surface area contributed by atoms with E-state index in [-0.39, 0.29) is 11.7 Å². The summed E-state index contributed by atoms with van der Waals surface area (Å²) in [4.78, 5) is 23.0. The summed E-state index contributed by atoms with van der Waals surface area (Å²) in [5.41, 5.74) is 1.71. The minimum Gasteiger partial charge on any atom is -0.351 e. The molecule has 4 aromatic heterocycles. The molecular weight excluding hydrogens is 443 g/mol. The molecule has 0 spiro atoms. The highest BCUT2D eigenvalue weighted by molar-refractivity contribution is 5.97. The minimum atomic E-state index is -4.49. The smallest absolute Gasteiger partial charge is 0.351 e. The standard InChI is InChI=1S/C24H24F3N7/c1-13-10-28-7-8-34(13)23-20-17(14-3-2-4-14)11-29-12-18(20)31-22(33-23)15-5-6-30-21-16(15)9-19(32-21)24(25,26)27/h5-6,9,11-14,28H,2-4,7-8,10H2,1H3,(H,30,32)/t13-/m0/s1. The Kier molecular flexibility index (Phi) is 4.94. The van der Waals surface area contributed by atoms with E-state index < -0.39 is 11.9 Å². The summed E-state index contributed by atoms with van der Waals surface area (Å²) in [6.45, 7) is 4.60. The molecule has 6 rings (SSSR count).